The average molecular weight is 494 g/mol. The Morgan fingerprint density at radius 1 is 0.382 bits per heavy atom. The summed E-state index contributed by atoms with van der Waals surface area (Å²) < 4.78 is 1.72. The molecule has 3 aromatic carbocycles. The van der Waals surface area contributed by atoms with E-state index in [-0.39, 0.29) is 0 Å². The minimum absolute atomic E-state index is 0.575. The van der Waals surface area contributed by atoms with Crippen LogP contribution in [0.2, 0.25) is 0 Å². The maximum atomic E-state index is 2.54. The topological polar surface area (TPSA) is 0 Å². The molecule has 34 heavy (non-hydrogen) atoms. The van der Waals surface area contributed by atoms with Gasteiger partial charge in [0.1, 0.15) is 0 Å². The van der Waals surface area contributed by atoms with Crippen molar-refractivity contribution in [2.24, 2.45) is 0 Å². The van der Waals surface area contributed by atoms with Crippen molar-refractivity contribution in [3.8, 4) is 0 Å². The molecule has 3 atom stereocenters. The van der Waals surface area contributed by atoms with Crippen molar-refractivity contribution in [3.63, 3.8) is 0 Å². The summed E-state index contributed by atoms with van der Waals surface area (Å²) in [5.74, 6) is 0. The van der Waals surface area contributed by atoms with Crippen LogP contribution in [-0.2, 0) is 14.1 Å². The first-order valence-corrected chi connectivity index (χ1v) is 15.0. The molecule has 0 fully saturated rings. The molecule has 0 radical (unpaired) electrons. The predicted octanol–water partition coefficient (Wildman–Crippen LogP) is 9.66. The van der Waals surface area contributed by atoms with Crippen LogP contribution < -0.4 is 0 Å². The number of benzene rings is 3. The first-order chi connectivity index (χ1) is 15.8. The Balaban J connectivity index is 2.24. The van der Waals surface area contributed by atoms with Crippen LogP contribution in [0.25, 0.3) is 0 Å². The molecule has 0 aliphatic rings. The van der Waals surface area contributed by atoms with E-state index in [0.717, 1.165) is 0 Å². The Morgan fingerprint density at radius 3 is 0.735 bits per heavy atom. The molecule has 183 valence electrons. The van der Waals surface area contributed by atoms with Crippen molar-refractivity contribution in [2.75, 3.05) is 0 Å². The average Bonchev–Trinajstić information content (AvgIpc) is 2.65. The molecule has 3 unspecified atom stereocenters. The van der Waals surface area contributed by atoms with Gasteiger partial charge in [-0.05, 0) is 0 Å². The van der Waals surface area contributed by atoms with Crippen LogP contribution in [0.4, 0.5) is 0 Å². The Kier molecular flexibility index (Phi) is 8.23. The number of hydrogen-bond donors (Lipinski definition) is 0. The standard InChI is InChI=1S/3C11H15.Cr/c3*1-5-11-9(3)6-8(2)7-10(11)4;/h3*5-7H,1-4H3;. The molecule has 0 aliphatic heterocycles. The van der Waals surface area contributed by atoms with E-state index in [1.54, 1.807) is 16.7 Å². The van der Waals surface area contributed by atoms with E-state index < -0.39 is 14.1 Å². The molecule has 0 aliphatic carbocycles. The van der Waals surface area contributed by atoms with E-state index in [2.05, 4.69) is 119 Å². The molecule has 0 bridgehead atoms. The maximum absolute atomic E-state index is 2.54. The van der Waals surface area contributed by atoms with Gasteiger partial charge < -0.3 is 0 Å². The molecule has 0 N–H and O–H groups in total. The van der Waals surface area contributed by atoms with Crippen LogP contribution in [-0.4, -0.2) is 0 Å². The summed E-state index contributed by atoms with van der Waals surface area (Å²) in [5, 5.41) is 0. The normalized spacial score (nSPS) is 14.4. The molecule has 0 saturated heterocycles. The number of hydrogen-bond acceptors (Lipinski definition) is 0. The van der Waals surface area contributed by atoms with Crippen LogP contribution in [0.5, 0.6) is 0 Å². The summed E-state index contributed by atoms with van der Waals surface area (Å²) in [7, 11) is 0. The van der Waals surface area contributed by atoms with Crippen molar-refractivity contribution in [3.05, 3.63) is 103 Å². The summed E-state index contributed by atoms with van der Waals surface area (Å²) >= 11 is -1.22. The van der Waals surface area contributed by atoms with Gasteiger partial charge in [0.25, 0.3) is 0 Å². The Hall–Kier alpha value is -1.81. The molecule has 3 aromatic rings. The van der Waals surface area contributed by atoms with Crippen molar-refractivity contribution < 1.29 is 14.1 Å². The summed E-state index contributed by atoms with van der Waals surface area (Å²) in [6, 6.07) is 14.3. The van der Waals surface area contributed by atoms with Crippen LogP contribution in [0.3, 0.4) is 0 Å². The molecule has 0 nitrogen and oxygen atoms in total. The summed E-state index contributed by atoms with van der Waals surface area (Å²) in [4.78, 5) is 0. The summed E-state index contributed by atoms with van der Waals surface area (Å²) in [5.41, 5.74) is 17.7. The second-order valence-electron chi connectivity index (χ2n) is 10.8. The van der Waals surface area contributed by atoms with Crippen molar-refractivity contribution >= 4 is 0 Å². The van der Waals surface area contributed by atoms with Crippen molar-refractivity contribution in [2.45, 2.75) is 97.4 Å². The van der Waals surface area contributed by atoms with E-state index in [4.69, 9.17) is 0 Å². The van der Waals surface area contributed by atoms with Gasteiger partial charge in [-0.15, -0.1) is 0 Å². The van der Waals surface area contributed by atoms with Crippen LogP contribution in [0.15, 0.2) is 36.4 Å². The van der Waals surface area contributed by atoms with Gasteiger partial charge in [0.15, 0.2) is 0 Å². The first kappa shape index (κ1) is 26.8. The molecule has 0 heterocycles. The zero-order valence-corrected chi connectivity index (χ0v) is 24.9. The molecule has 1 heteroatoms. The second kappa shape index (κ2) is 10.4. The van der Waals surface area contributed by atoms with Gasteiger partial charge in [0.2, 0.25) is 0 Å². The first-order valence-electron chi connectivity index (χ1n) is 12.8. The fourth-order valence-electron chi connectivity index (χ4n) is 6.82. The zero-order valence-electron chi connectivity index (χ0n) is 23.6. The zero-order chi connectivity index (χ0) is 25.5. The molecule has 0 aromatic heterocycles. The van der Waals surface area contributed by atoms with Crippen molar-refractivity contribution in [1.29, 1.82) is 0 Å². The third-order valence-corrected chi connectivity index (χ3v) is 12.6. The SMILES string of the molecule is Cc1cc(C)c([CH](C)[Cr]([CH](C)c2c(C)cc(C)cc2C)[CH](C)c2c(C)cc(C)cc2C)c(C)c1. The van der Waals surface area contributed by atoms with Gasteiger partial charge in [-0.25, -0.2) is 0 Å². The number of aryl methyl sites for hydroxylation is 9. The fraction of sp³-hybridized carbons (Fsp3) is 0.455. The Labute approximate surface area is 214 Å². The van der Waals surface area contributed by atoms with Gasteiger partial charge in [-0.1, -0.05) is 0 Å². The van der Waals surface area contributed by atoms with Crippen LogP contribution >= 0.6 is 0 Å². The summed E-state index contributed by atoms with van der Waals surface area (Å²) in [6.07, 6.45) is 0. The fourth-order valence-corrected chi connectivity index (χ4v) is 12.7. The quantitative estimate of drug-likeness (QED) is 0.321. The monoisotopic (exact) mass is 493 g/mol. The third kappa shape index (κ3) is 5.22. The van der Waals surface area contributed by atoms with E-state index in [0.29, 0.717) is 14.3 Å². The van der Waals surface area contributed by atoms with Gasteiger partial charge in [0, 0.05) is 0 Å². The predicted molar refractivity (Wildman–Crippen MR) is 147 cm³/mol. The van der Waals surface area contributed by atoms with Gasteiger partial charge >= 0.3 is 215 Å². The minimum atomic E-state index is -1.22. The van der Waals surface area contributed by atoms with E-state index in [1.807, 2.05) is 0 Å². The van der Waals surface area contributed by atoms with Gasteiger partial charge in [-0.2, -0.15) is 0 Å². The summed E-state index contributed by atoms with van der Waals surface area (Å²) in [6.45, 7) is 28.3. The van der Waals surface area contributed by atoms with Crippen LogP contribution in [0, 0.1) is 62.3 Å². The van der Waals surface area contributed by atoms with E-state index in [9.17, 15) is 0 Å². The van der Waals surface area contributed by atoms with Crippen molar-refractivity contribution in [1.82, 2.24) is 0 Å². The van der Waals surface area contributed by atoms with Crippen LogP contribution in [0.1, 0.15) is 102 Å². The Morgan fingerprint density at radius 2 is 0.559 bits per heavy atom. The molecule has 0 saturated carbocycles. The number of rotatable bonds is 6. The molecule has 0 amide bonds. The van der Waals surface area contributed by atoms with Gasteiger partial charge in [0.05, 0.1) is 0 Å². The second-order valence-corrected chi connectivity index (χ2v) is 15.4. The molecule has 3 rings (SSSR count). The van der Waals surface area contributed by atoms with E-state index in [1.165, 1.54) is 50.1 Å². The Bertz CT molecular complexity index is 979. The molecular formula is C33H45Cr. The molecule has 0 spiro atoms. The molecular weight excluding hydrogens is 448 g/mol. The van der Waals surface area contributed by atoms with Gasteiger partial charge in [-0.3, -0.25) is 0 Å². The third-order valence-electron chi connectivity index (χ3n) is 7.66. The van der Waals surface area contributed by atoms with E-state index >= 15 is 0 Å².